The van der Waals surface area contributed by atoms with E-state index in [1.807, 2.05) is 42.7 Å². The van der Waals surface area contributed by atoms with Gasteiger partial charge in [0.05, 0.1) is 11.7 Å². The van der Waals surface area contributed by atoms with Gasteiger partial charge in [0.15, 0.2) is 0 Å². The number of aromatic amines is 1. The summed E-state index contributed by atoms with van der Waals surface area (Å²) in [6.07, 6.45) is 10.3. The smallest absolute Gasteiger partial charge is 0.0651 e. The molecule has 6 heteroatoms. The first kappa shape index (κ1) is 19.1. The molecule has 0 radical (unpaired) electrons. The molecular formula is C24H22N6. The van der Waals surface area contributed by atoms with E-state index in [2.05, 4.69) is 32.9 Å². The maximum Gasteiger partial charge on any atom is 0.0651 e. The van der Waals surface area contributed by atoms with Gasteiger partial charge in [-0.2, -0.15) is 0 Å². The number of nitrogens with one attached hydrogen (secondary N) is 3. The van der Waals surface area contributed by atoms with Crippen LogP contribution >= 0.6 is 0 Å². The van der Waals surface area contributed by atoms with Gasteiger partial charge in [0, 0.05) is 82.7 Å². The first-order valence-electron chi connectivity index (χ1n) is 9.47. The van der Waals surface area contributed by atoms with Crippen LogP contribution in [0.5, 0.6) is 0 Å². The number of allylic oxidation sites excluding steroid dienone is 1. The molecule has 3 heterocycles. The zero-order chi connectivity index (χ0) is 21.1. The summed E-state index contributed by atoms with van der Waals surface area (Å²) in [5.41, 5.74) is 13.9. The van der Waals surface area contributed by atoms with Crippen LogP contribution in [0.2, 0.25) is 0 Å². The number of aromatic nitrogens is 3. The van der Waals surface area contributed by atoms with Crippen molar-refractivity contribution in [3.63, 3.8) is 0 Å². The molecular weight excluding hydrogens is 372 g/mol. The Labute approximate surface area is 174 Å². The van der Waals surface area contributed by atoms with E-state index in [0.29, 0.717) is 5.69 Å². The molecule has 5 N–H and O–H groups in total. The van der Waals surface area contributed by atoms with Crippen molar-refractivity contribution < 1.29 is 0 Å². The second-order valence-corrected chi connectivity index (χ2v) is 6.89. The predicted octanol–water partition coefficient (Wildman–Crippen LogP) is 4.48. The molecule has 30 heavy (non-hydrogen) atoms. The van der Waals surface area contributed by atoms with Crippen molar-refractivity contribution in [2.75, 3.05) is 12.8 Å². The monoisotopic (exact) mass is 394 g/mol. The highest BCUT2D eigenvalue weighted by Gasteiger charge is 2.14. The minimum absolute atomic E-state index is 0.627. The molecule has 0 aliphatic heterocycles. The van der Waals surface area contributed by atoms with E-state index in [-0.39, 0.29) is 0 Å². The van der Waals surface area contributed by atoms with E-state index in [1.54, 1.807) is 25.6 Å². The molecule has 148 valence electrons. The van der Waals surface area contributed by atoms with E-state index in [9.17, 15) is 0 Å². The van der Waals surface area contributed by atoms with Gasteiger partial charge in [-0.1, -0.05) is 18.7 Å². The quantitative estimate of drug-likeness (QED) is 0.286. The van der Waals surface area contributed by atoms with Crippen LogP contribution in [-0.2, 0) is 0 Å². The molecule has 0 aliphatic rings. The van der Waals surface area contributed by atoms with Gasteiger partial charge in [-0.05, 0) is 29.8 Å². The van der Waals surface area contributed by atoms with Crippen LogP contribution in [-0.4, -0.2) is 28.2 Å². The number of anilines is 1. The number of pyridine rings is 2. The minimum Gasteiger partial charge on any atom is -0.398 e. The third kappa shape index (κ3) is 3.46. The molecule has 0 bridgehead atoms. The summed E-state index contributed by atoms with van der Waals surface area (Å²) < 4.78 is 0. The van der Waals surface area contributed by atoms with E-state index in [1.165, 1.54) is 6.21 Å². The Morgan fingerprint density at radius 1 is 1.17 bits per heavy atom. The zero-order valence-electron chi connectivity index (χ0n) is 16.6. The van der Waals surface area contributed by atoms with E-state index in [4.69, 9.17) is 11.1 Å². The lowest BCUT2D eigenvalue weighted by molar-refractivity contribution is 1.11. The van der Waals surface area contributed by atoms with Crippen LogP contribution in [0.25, 0.3) is 33.2 Å². The van der Waals surface area contributed by atoms with Crippen molar-refractivity contribution in [1.29, 1.82) is 5.41 Å². The Balaban J connectivity index is 1.79. The standard InChI is InChI=1S/C24H22N6/c1-15(19-8-16(5-6-22(19)26)18(10-25)11-27-2)23-9-20-21(13-29-14-24(20)30-23)17-4-3-7-28-12-17/h3-14,25,27,30H,1,26H2,2H3/b18-11+,25-10?. The van der Waals surface area contributed by atoms with Gasteiger partial charge in [-0.3, -0.25) is 9.97 Å². The topological polar surface area (TPSA) is 103 Å². The third-order valence-corrected chi connectivity index (χ3v) is 5.01. The van der Waals surface area contributed by atoms with E-state index < -0.39 is 0 Å². The number of H-pyrrole nitrogens is 1. The number of benzene rings is 1. The van der Waals surface area contributed by atoms with Crippen LogP contribution in [0.1, 0.15) is 16.8 Å². The molecule has 3 aromatic heterocycles. The van der Waals surface area contributed by atoms with Gasteiger partial charge in [0.25, 0.3) is 0 Å². The van der Waals surface area contributed by atoms with Crippen LogP contribution in [0.4, 0.5) is 5.69 Å². The normalized spacial score (nSPS) is 11.4. The number of rotatable bonds is 6. The number of nitrogens with zero attached hydrogens (tertiary/aromatic N) is 2. The van der Waals surface area contributed by atoms with Crippen molar-refractivity contribution in [1.82, 2.24) is 20.3 Å². The second-order valence-electron chi connectivity index (χ2n) is 6.89. The largest absolute Gasteiger partial charge is 0.398 e. The summed E-state index contributed by atoms with van der Waals surface area (Å²) in [4.78, 5) is 12.0. The summed E-state index contributed by atoms with van der Waals surface area (Å²) in [6.45, 7) is 4.29. The maximum atomic E-state index is 7.67. The SMILES string of the molecule is C=C(c1cc2c(-c3cccnc3)cncc2[nH]1)c1cc(/C(C=N)=C/NC)ccc1N. The molecule has 0 aliphatic carbocycles. The number of hydrogen-bond donors (Lipinski definition) is 4. The third-order valence-electron chi connectivity index (χ3n) is 5.01. The van der Waals surface area contributed by atoms with Gasteiger partial charge in [0.2, 0.25) is 0 Å². The minimum atomic E-state index is 0.627. The Kier molecular flexibility index (Phi) is 5.13. The molecule has 0 atom stereocenters. The van der Waals surface area contributed by atoms with Crippen molar-refractivity contribution >= 4 is 34.0 Å². The van der Waals surface area contributed by atoms with Crippen LogP contribution in [0, 0.1) is 5.41 Å². The second kappa shape index (κ2) is 8.05. The molecule has 6 nitrogen and oxygen atoms in total. The molecule has 0 saturated carbocycles. The van der Waals surface area contributed by atoms with Crippen LogP contribution in [0.15, 0.2) is 74.0 Å². The highest BCUT2D eigenvalue weighted by Crippen LogP contribution is 2.33. The van der Waals surface area contributed by atoms with Crippen LogP contribution in [0.3, 0.4) is 0 Å². The van der Waals surface area contributed by atoms with E-state index >= 15 is 0 Å². The number of nitrogen functional groups attached to an aromatic ring is 1. The van der Waals surface area contributed by atoms with Crippen molar-refractivity contribution in [3.8, 4) is 11.1 Å². The molecule has 4 rings (SSSR count). The number of nitrogens with two attached hydrogens (primary N) is 1. The first-order valence-corrected chi connectivity index (χ1v) is 9.47. The molecule has 0 unspecified atom stereocenters. The van der Waals surface area contributed by atoms with Crippen molar-refractivity contribution in [3.05, 3.63) is 90.8 Å². The summed E-state index contributed by atoms with van der Waals surface area (Å²) in [7, 11) is 1.80. The van der Waals surface area contributed by atoms with Gasteiger partial charge >= 0.3 is 0 Å². The Morgan fingerprint density at radius 2 is 2.03 bits per heavy atom. The lowest BCUT2D eigenvalue weighted by Crippen LogP contribution is -2.00. The van der Waals surface area contributed by atoms with E-state index in [0.717, 1.165) is 50.0 Å². The maximum absolute atomic E-state index is 7.67. The number of hydrogen-bond acceptors (Lipinski definition) is 5. The van der Waals surface area contributed by atoms with Crippen molar-refractivity contribution in [2.45, 2.75) is 0 Å². The van der Waals surface area contributed by atoms with Gasteiger partial charge in [-0.15, -0.1) is 0 Å². The summed E-state index contributed by atoms with van der Waals surface area (Å²) in [5.74, 6) is 0. The average molecular weight is 394 g/mol. The Morgan fingerprint density at radius 3 is 2.77 bits per heavy atom. The lowest BCUT2D eigenvalue weighted by Gasteiger charge is -2.11. The predicted molar refractivity (Wildman–Crippen MR) is 124 cm³/mol. The lowest BCUT2D eigenvalue weighted by atomic mass is 9.97. The molecule has 0 amide bonds. The van der Waals surface area contributed by atoms with Crippen molar-refractivity contribution in [2.24, 2.45) is 0 Å². The van der Waals surface area contributed by atoms with Gasteiger partial charge in [-0.25, -0.2) is 0 Å². The van der Waals surface area contributed by atoms with Gasteiger partial charge < -0.3 is 21.4 Å². The fourth-order valence-electron chi connectivity index (χ4n) is 3.47. The summed E-state index contributed by atoms with van der Waals surface area (Å²) >= 11 is 0. The summed E-state index contributed by atoms with van der Waals surface area (Å²) in [6, 6.07) is 11.7. The molecule has 1 aromatic carbocycles. The Bertz CT molecular complexity index is 1270. The molecule has 0 saturated heterocycles. The number of fused-ring (bicyclic) bond motifs is 1. The summed E-state index contributed by atoms with van der Waals surface area (Å²) in [5, 5.41) is 11.7. The highest BCUT2D eigenvalue weighted by molar-refractivity contribution is 6.08. The first-order chi connectivity index (χ1) is 14.6. The van der Waals surface area contributed by atoms with Crippen LogP contribution < -0.4 is 11.1 Å². The molecule has 4 aromatic rings. The highest BCUT2D eigenvalue weighted by atomic mass is 14.8. The van der Waals surface area contributed by atoms with Gasteiger partial charge in [0.1, 0.15) is 0 Å². The Hall–Kier alpha value is -4.19. The zero-order valence-corrected chi connectivity index (χ0v) is 16.6. The molecule has 0 spiro atoms. The fraction of sp³-hybridized carbons (Fsp3) is 0.0417. The average Bonchev–Trinajstić information content (AvgIpc) is 3.22. The molecule has 0 fully saturated rings. The fourth-order valence-corrected chi connectivity index (χ4v) is 3.47.